The van der Waals surface area contributed by atoms with E-state index in [1.54, 1.807) is 13.8 Å². The Hall–Kier alpha value is -1.92. The Morgan fingerprint density at radius 2 is 1.10 bits per heavy atom. The molecule has 2 unspecified atom stereocenters. The van der Waals surface area contributed by atoms with Crippen molar-refractivity contribution < 1.29 is 19.1 Å². The molecule has 162 valence electrons. The molecule has 0 saturated heterocycles. The number of hydrogen-bond acceptors (Lipinski definition) is 4. The molecule has 2 aliphatic rings. The van der Waals surface area contributed by atoms with Gasteiger partial charge in [-0.15, -0.1) is 0 Å². The Kier molecular flexibility index (Phi) is 6.68. The number of carbonyl (C=O) groups is 2. The molecule has 2 aromatic rings. The molecule has 0 N–H and O–H groups in total. The number of carbonyl (C=O) groups excluding carboxylic acids is 2. The SMILES string of the molecule is CCOC(=O)C1=C(C(=O)OCC)[C@@H]2C[C@H]1C(c1ccc(Br)cc1)C2c1ccc(Br)cc1. The summed E-state index contributed by atoms with van der Waals surface area (Å²) in [5.74, 6) is -0.797. The summed E-state index contributed by atoms with van der Waals surface area (Å²) in [7, 11) is 0. The molecule has 0 aromatic heterocycles. The summed E-state index contributed by atoms with van der Waals surface area (Å²) in [6.07, 6.45) is 0.740. The molecule has 1 fully saturated rings. The van der Waals surface area contributed by atoms with Crippen LogP contribution in [0.5, 0.6) is 0 Å². The Bertz CT molecular complexity index is 929. The smallest absolute Gasteiger partial charge is 0.334 e. The minimum atomic E-state index is -0.394. The molecule has 4 atom stereocenters. The lowest BCUT2D eigenvalue weighted by Gasteiger charge is -2.34. The van der Waals surface area contributed by atoms with Crippen LogP contribution < -0.4 is 0 Å². The lowest BCUT2D eigenvalue weighted by atomic mass is 9.70. The van der Waals surface area contributed by atoms with Crippen LogP contribution in [0.1, 0.15) is 43.2 Å². The van der Waals surface area contributed by atoms with E-state index in [1.165, 1.54) is 0 Å². The molecule has 2 aromatic carbocycles. The van der Waals surface area contributed by atoms with Crippen LogP contribution in [-0.4, -0.2) is 25.2 Å². The maximum absolute atomic E-state index is 13.0. The average Bonchev–Trinajstić information content (AvgIpc) is 3.32. The van der Waals surface area contributed by atoms with Gasteiger partial charge in [-0.25, -0.2) is 9.59 Å². The zero-order valence-corrected chi connectivity index (χ0v) is 20.6. The molecule has 4 rings (SSSR count). The van der Waals surface area contributed by atoms with Crippen molar-refractivity contribution in [2.75, 3.05) is 13.2 Å². The van der Waals surface area contributed by atoms with Crippen LogP contribution >= 0.6 is 31.9 Å². The summed E-state index contributed by atoms with van der Waals surface area (Å²) < 4.78 is 12.8. The van der Waals surface area contributed by atoms with Crippen molar-refractivity contribution in [1.82, 2.24) is 0 Å². The molecule has 0 heterocycles. The second-order valence-electron chi connectivity index (χ2n) is 7.87. The van der Waals surface area contributed by atoms with Crippen LogP contribution in [0, 0.1) is 11.8 Å². The topological polar surface area (TPSA) is 52.6 Å². The molecular formula is C25H24Br2O4. The highest BCUT2D eigenvalue weighted by molar-refractivity contribution is 9.10. The van der Waals surface area contributed by atoms with Crippen LogP contribution in [0.25, 0.3) is 0 Å². The Balaban J connectivity index is 1.87. The molecule has 0 amide bonds. The average molecular weight is 548 g/mol. The Morgan fingerprint density at radius 1 is 0.742 bits per heavy atom. The van der Waals surface area contributed by atoms with E-state index in [0.717, 1.165) is 26.5 Å². The van der Waals surface area contributed by atoms with Gasteiger partial charge in [-0.1, -0.05) is 56.1 Å². The van der Waals surface area contributed by atoms with Crippen molar-refractivity contribution >= 4 is 43.8 Å². The van der Waals surface area contributed by atoms with Crippen molar-refractivity contribution in [3.8, 4) is 0 Å². The molecule has 4 nitrogen and oxygen atoms in total. The summed E-state index contributed by atoms with van der Waals surface area (Å²) in [5, 5.41) is 0. The number of fused-ring (bicyclic) bond motifs is 2. The minimum Gasteiger partial charge on any atom is -0.463 e. The highest BCUT2D eigenvalue weighted by Crippen LogP contribution is 2.63. The predicted molar refractivity (Wildman–Crippen MR) is 126 cm³/mol. The lowest BCUT2D eigenvalue weighted by molar-refractivity contribution is -0.142. The first kappa shape index (κ1) is 22.3. The zero-order chi connectivity index (χ0) is 22.1. The predicted octanol–water partition coefficient (Wildman–Crippen LogP) is 6.15. The number of halogens is 2. The first-order valence-electron chi connectivity index (χ1n) is 10.5. The van der Waals surface area contributed by atoms with Gasteiger partial charge in [-0.2, -0.15) is 0 Å². The van der Waals surface area contributed by atoms with Crippen LogP contribution in [-0.2, 0) is 19.1 Å². The van der Waals surface area contributed by atoms with Gasteiger partial charge >= 0.3 is 11.9 Å². The van der Waals surface area contributed by atoms with Gasteiger partial charge in [-0.05, 0) is 79.3 Å². The summed E-state index contributed by atoms with van der Waals surface area (Å²) in [6.45, 7) is 4.11. The van der Waals surface area contributed by atoms with E-state index >= 15 is 0 Å². The molecule has 6 heteroatoms. The normalized spacial score (nSPS) is 24.4. The fraction of sp³-hybridized carbons (Fsp3) is 0.360. The molecule has 0 radical (unpaired) electrons. The number of ether oxygens (including phenoxy) is 2. The third-order valence-corrected chi connectivity index (χ3v) is 7.35. The van der Waals surface area contributed by atoms with Gasteiger partial charge in [0.25, 0.3) is 0 Å². The first-order valence-corrected chi connectivity index (χ1v) is 12.1. The highest BCUT2D eigenvalue weighted by Gasteiger charge is 2.57. The zero-order valence-electron chi connectivity index (χ0n) is 17.4. The van der Waals surface area contributed by atoms with Crippen molar-refractivity contribution in [2.45, 2.75) is 32.1 Å². The third-order valence-electron chi connectivity index (χ3n) is 6.29. The largest absolute Gasteiger partial charge is 0.463 e. The number of esters is 2. The van der Waals surface area contributed by atoms with Crippen molar-refractivity contribution in [3.63, 3.8) is 0 Å². The molecule has 0 spiro atoms. The van der Waals surface area contributed by atoms with Gasteiger partial charge in [0.05, 0.1) is 24.4 Å². The van der Waals surface area contributed by atoms with Crippen molar-refractivity contribution in [2.24, 2.45) is 11.8 Å². The number of hydrogen-bond donors (Lipinski definition) is 0. The van der Waals surface area contributed by atoms with Crippen molar-refractivity contribution in [3.05, 3.63) is 79.7 Å². The van der Waals surface area contributed by atoms with Gasteiger partial charge in [0.2, 0.25) is 0 Å². The van der Waals surface area contributed by atoms with E-state index < -0.39 is 11.9 Å². The molecule has 1 saturated carbocycles. The van der Waals surface area contributed by atoms with E-state index in [0.29, 0.717) is 11.1 Å². The molecular weight excluding hydrogens is 524 g/mol. The second-order valence-corrected chi connectivity index (χ2v) is 9.70. The van der Waals surface area contributed by atoms with Crippen molar-refractivity contribution in [1.29, 1.82) is 0 Å². The fourth-order valence-electron chi connectivity index (χ4n) is 5.25. The molecule has 0 aliphatic heterocycles. The van der Waals surface area contributed by atoms with Gasteiger partial charge in [0.1, 0.15) is 0 Å². The number of rotatable bonds is 6. The first-order chi connectivity index (χ1) is 15.0. The van der Waals surface area contributed by atoms with E-state index in [-0.39, 0.29) is 36.9 Å². The van der Waals surface area contributed by atoms with E-state index in [2.05, 4.69) is 56.1 Å². The fourth-order valence-corrected chi connectivity index (χ4v) is 5.78. The van der Waals surface area contributed by atoms with Gasteiger partial charge in [0.15, 0.2) is 0 Å². The van der Waals surface area contributed by atoms with Crippen LogP contribution in [0.2, 0.25) is 0 Å². The molecule has 2 aliphatic carbocycles. The lowest BCUT2D eigenvalue weighted by Crippen LogP contribution is -2.29. The van der Waals surface area contributed by atoms with Gasteiger partial charge < -0.3 is 9.47 Å². The summed E-state index contributed by atoms with van der Waals surface area (Å²) in [5.41, 5.74) is 3.33. The summed E-state index contributed by atoms with van der Waals surface area (Å²) in [4.78, 5) is 25.9. The van der Waals surface area contributed by atoms with E-state index in [9.17, 15) is 9.59 Å². The Labute approximate surface area is 199 Å². The molecule has 2 bridgehead atoms. The standard InChI is InChI=1S/C25H24Br2O4/c1-3-30-24(28)22-18-13-19(23(22)25(29)31-4-2)21(15-7-11-17(27)12-8-15)20(18)14-5-9-16(26)10-6-14/h5-12,18-21H,3-4,13H2,1-2H3/t18-,19+,20?,21?. The van der Waals surface area contributed by atoms with E-state index in [4.69, 9.17) is 9.47 Å². The summed E-state index contributed by atoms with van der Waals surface area (Å²) in [6, 6.07) is 16.5. The Morgan fingerprint density at radius 3 is 1.42 bits per heavy atom. The quantitative estimate of drug-likeness (QED) is 0.407. The highest BCUT2D eigenvalue weighted by atomic mass is 79.9. The third kappa shape index (κ3) is 4.12. The maximum atomic E-state index is 13.0. The van der Waals surface area contributed by atoms with Crippen LogP contribution in [0.3, 0.4) is 0 Å². The number of benzene rings is 2. The van der Waals surface area contributed by atoms with Gasteiger partial charge in [-0.3, -0.25) is 0 Å². The second kappa shape index (κ2) is 9.29. The maximum Gasteiger partial charge on any atom is 0.334 e. The van der Waals surface area contributed by atoms with Crippen LogP contribution in [0.15, 0.2) is 68.6 Å². The van der Waals surface area contributed by atoms with E-state index in [1.807, 2.05) is 24.3 Å². The minimum absolute atomic E-state index is 0.0804. The van der Waals surface area contributed by atoms with Crippen LogP contribution in [0.4, 0.5) is 0 Å². The monoisotopic (exact) mass is 546 g/mol. The molecule has 31 heavy (non-hydrogen) atoms. The van der Waals surface area contributed by atoms with Gasteiger partial charge in [0, 0.05) is 8.95 Å². The summed E-state index contributed by atoms with van der Waals surface area (Å²) >= 11 is 7.03.